The molecule has 8 nitrogen and oxygen atoms in total. The van der Waals surface area contributed by atoms with E-state index in [1.165, 1.54) is 11.0 Å². The van der Waals surface area contributed by atoms with Crippen LogP contribution in [-0.2, 0) is 18.3 Å². The van der Waals surface area contributed by atoms with E-state index in [2.05, 4.69) is 34.1 Å². The quantitative estimate of drug-likeness (QED) is 0.760. The Balaban J connectivity index is 1.67. The third-order valence-corrected chi connectivity index (χ3v) is 5.27. The lowest BCUT2D eigenvalue weighted by molar-refractivity contribution is -0.122. The smallest absolute Gasteiger partial charge is 0.329 e. The van der Waals surface area contributed by atoms with Crippen molar-refractivity contribution in [3.8, 4) is 0 Å². The maximum absolute atomic E-state index is 12.3. The first-order valence-electron chi connectivity index (χ1n) is 8.84. The van der Waals surface area contributed by atoms with Crippen LogP contribution >= 0.6 is 0 Å². The normalized spacial score (nSPS) is 23.7. The molecule has 1 fully saturated rings. The number of H-pyrrole nitrogens is 2. The highest BCUT2D eigenvalue weighted by molar-refractivity contribution is 5.76. The molecule has 3 atom stereocenters. The lowest BCUT2D eigenvalue weighted by Crippen LogP contribution is -2.45. The van der Waals surface area contributed by atoms with E-state index < -0.39 is 11.2 Å². The van der Waals surface area contributed by atoms with Crippen LogP contribution in [-0.4, -0.2) is 31.5 Å². The fourth-order valence-corrected chi connectivity index (χ4v) is 3.73. The highest BCUT2D eigenvalue weighted by atomic mass is 16.2. The molecule has 1 amide bonds. The first-order chi connectivity index (χ1) is 11.9. The van der Waals surface area contributed by atoms with Crippen molar-refractivity contribution in [1.29, 1.82) is 0 Å². The summed E-state index contributed by atoms with van der Waals surface area (Å²) in [6.45, 7) is 4.37. The van der Waals surface area contributed by atoms with Crippen LogP contribution in [0.25, 0.3) is 11.2 Å². The molecule has 0 bridgehead atoms. The molecule has 0 spiro atoms. The largest absolute Gasteiger partial charge is 0.353 e. The lowest BCUT2D eigenvalue weighted by atomic mass is 9.78. The zero-order chi connectivity index (χ0) is 18.1. The van der Waals surface area contributed by atoms with Crippen LogP contribution in [0.4, 0.5) is 0 Å². The van der Waals surface area contributed by atoms with E-state index in [-0.39, 0.29) is 17.5 Å². The van der Waals surface area contributed by atoms with Gasteiger partial charge in [-0.25, -0.2) is 9.78 Å². The molecule has 0 aromatic carbocycles. The Morgan fingerprint density at radius 2 is 1.92 bits per heavy atom. The number of imidazole rings is 1. The molecule has 3 rings (SSSR count). The summed E-state index contributed by atoms with van der Waals surface area (Å²) < 4.78 is 1.28. The van der Waals surface area contributed by atoms with Gasteiger partial charge in [-0.2, -0.15) is 0 Å². The maximum atomic E-state index is 12.3. The molecule has 1 aliphatic rings. The number of hydrogen-bond donors (Lipinski definition) is 3. The molecule has 1 aliphatic carbocycles. The molecule has 1 saturated carbocycles. The van der Waals surface area contributed by atoms with E-state index in [9.17, 15) is 14.4 Å². The zero-order valence-corrected chi connectivity index (χ0v) is 14.9. The van der Waals surface area contributed by atoms with Crippen LogP contribution in [0.3, 0.4) is 0 Å². The van der Waals surface area contributed by atoms with E-state index in [1.54, 1.807) is 7.05 Å². The Morgan fingerprint density at radius 1 is 1.24 bits per heavy atom. The Morgan fingerprint density at radius 3 is 2.60 bits per heavy atom. The van der Waals surface area contributed by atoms with Crippen LogP contribution in [0.2, 0.25) is 0 Å². The van der Waals surface area contributed by atoms with E-state index in [1.807, 2.05) is 0 Å². The summed E-state index contributed by atoms with van der Waals surface area (Å²) in [6.07, 6.45) is 4.21. The van der Waals surface area contributed by atoms with Crippen LogP contribution in [0, 0.1) is 11.8 Å². The molecule has 0 aliphatic heterocycles. The number of aromatic amines is 2. The molecular weight excluding hydrogens is 322 g/mol. The van der Waals surface area contributed by atoms with Gasteiger partial charge in [-0.3, -0.25) is 19.1 Å². The van der Waals surface area contributed by atoms with Crippen molar-refractivity contribution in [3.05, 3.63) is 26.7 Å². The molecule has 136 valence electrons. The van der Waals surface area contributed by atoms with Gasteiger partial charge in [0.05, 0.1) is 0 Å². The summed E-state index contributed by atoms with van der Waals surface area (Å²) >= 11 is 0. The van der Waals surface area contributed by atoms with Crippen molar-refractivity contribution in [2.45, 2.75) is 52.0 Å². The highest BCUT2D eigenvalue weighted by Gasteiger charge is 2.28. The molecule has 2 heterocycles. The van der Waals surface area contributed by atoms with E-state index >= 15 is 0 Å². The summed E-state index contributed by atoms with van der Waals surface area (Å²) in [5.41, 5.74) is -0.439. The molecule has 8 heteroatoms. The van der Waals surface area contributed by atoms with Crippen LogP contribution in [0.15, 0.2) is 9.59 Å². The third-order valence-electron chi connectivity index (χ3n) is 5.27. The molecule has 2 aromatic rings. The summed E-state index contributed by atoms with van der Waals surface area (Å²) in [5.74, 6) is 1.51. The fraction of sp³-hybridized carbons (Fsp3) is 0.647. The van der Waals surface area contributed by atoms with Crippen molar-refractivity contribution in [2.24, 2.45) is 18.9 Å². The first-order valence-corrected chi connectivity index (χ1v) is 8.84. The minimum absolute atomic E-state index is 0.00569. The van der Waals surface area contributed by atoms with Gasteiger partial charge >= 0.3 is 5.69 Å². The fourth-order valence-electron chi connectivity index (χ4n) is 3.73. The first kappa shape index (κ1) is 17.4. The molecule has 3 N–H and O–H groups in total. The number of aromatic nitrogens is 4. The van der Waals surface area contributed by atoms with Gasteiger partial charge < -0.3 is 10.3 Å². The van der Waals surface area contributed by atoms with Crippen molar-refractivity contribution >= 4 is 17.1 Å². The van der Waals surface area contributed by atoms with Gasteiger partial charge in [0.25, 0.3) is 5.56 Å². The summed E-state index contributed by atoms with van der Waals surface area (Å²) in [5, 5.41) is 3.15. The number of carbonyl (C=O) groups is 1. The number of carbonyl (C=O) groups excluding carboxylic acids is 1. The average Bonchev–Trinajstić information content (AvgIpc) is 2.99. The number of amides is 1. The van der Waals surface area contributed by atoms with Crippen LogP contribution < -0.4 is 16.6 Å². The Hall–Kier alpha value is -2.38. The number of fused-ring (bicyclic) bond motifs is 1. The number of rotatable bonds is 4. The predicted octanol–water partition coefficient (Wildman–Crippen LogP) is 0.823. The molecular formula is C17H25N5O3. The van der Waals surface area contributed by atoms with E-state index in [4.69, 9.17) is 0 Å². The molecule has 2 aromatic heterocycles. The molecule has 1 unspecified atom stereocenters. The van der Waals surface area contributed by atoms with Crippen molar-refractivity contribution in [3.63, 3.8) is 0 Å². The van der Waals surface area contributed by atoms with E-state index in [0.717, 1.165) is 12.8 Å². The van der Waals surface area contributed by atoms with Crippen molar-refractivity contribution in [1.82, 2.24) is 24.8 Å². The number of nitrogens with zero attached hydrogens (tertiary/aromatic N) is 2. The van der Waals surface area contributed by atoms with Crippen molar-refractivity contribution < 1.29 is 4.79 Å². The van der Waals surface area contributed by atoms with Crippen LogP contribution in [0.5, 0.6) is 0 Å². The molecule has 25 heavy (non-hydrogen) atoms. The Labute approximate surface area is 145 Å². The van der Waals surface area contributed by atoms with Gasteiger partial charge in [0.15, 0.2) is 5.65 Å². The monoisotopic (exact) mass is 347 g/mol. The van der Waals surface area contributed by atoms with Gasteiger partial charge in [-0.1, -0.05) is 20.3 Å². The third kappa shape index (κ3) is 3.52. The second-order valence-electron chi connectivity index (χ2n) is 7.18. The van der Waals surface area contributed by atoms with Gasteiger partial charge in [0.2, 0.25) is 5.91 Å². The van der Waals surface area contributed by atoms with Gasteiger partial charge in [0, 0.05) is 25.9 Å². The minimum Gasteiger partial charge on any atom is -0.353 e. The minimum atomic E-state index is -0.506. The maximum Gasteiger partial charge on any atom is 0.329 e. The second kappa shape index (κ2) is 6.85. The van der Waals surface area contributed by atoms with Gasteiger partial charge in [-0.05, 0) is 24.7 Å². The number of hydrogen-bond acceptors (Lipinski definition) is 4. The van der Waals surface area contributed by atoms with E-state index in [0.29, 0.717) is 36.1 Å². The summed E-state index contributed by atoms with van der Waals surface area (Å²) in [6, 6.07) is 0.223. The topological polar surface area (TPSA) is 113 Å². The Bertz CT molecular complexity index is 884. The Kier molecular flexibility index (Phi) is 4.78. The average molecular weight is 347 g/mol. The predicted molar refractivity (Wildman–Crippen MR) is 94.4 cm³/mol. The standard InChI is InChI=1S/C17H25N5O3/c1-9-5-4-6-10(2)13(9)20-12(23)8-7-11-18-14-15(19-11)22(3)17(25)21-16(14)24/h9-10,13H,4-8H2,1-3H3,(H,18,19)(H,20,23)(H,21,24,25)/t9-,10+,13?. The lowest BCUT2D eigenvalue weighted by Gasteiger charge is -2.35. The van der Waals surface area contributed by atoms with Gasteiger partial charge in [0.1, 0.15) is 11.3 Å². The SMILES string of the molecule is C[C@@H]1CCC[C@H](C)C1NC(=O)CCc1nc2c([nH]1)c(=O)[nH]c(=O)n2C. The highest BCUT2D eigenvalue weighted by Crippen LogP contribution is 2.28. The summed E-state index contributed by atoms with van der Waals surface area (Å²) in [7, 11) is 1.55. The zero-order valence-electron chi connectivity index (χ0n) is 14.9. The van der Waals surface area contributed by atoms with Crippen LogP contribution in [0.1, 0.15) is 45.4 Å². The van der Waals surface area contributed by atoms with Gasteiger partial charge in [-0.15, -0.1) is 0 Å². The molecule has 0 radical (unpaired) electrons. The molecule has 0 saturated heterocycles. The van der Waals surface area contributed by atoms with Crippen molar-refractivity contribution in [2.75, 3.05) is 0 Å². The second-order valence-corrected chi connectivity index (χ2v) is 7.18. The number of nitrogens with one attached hydrogen (secondary N) is 3. The number of aryl methyl sites for hydroxylation is 2. The summed E-state index contributed by atoms with van der Waals surface area (Å²) in [4.78, 5) is 45.2.